The van der Waals surface area contributed by atoms with Crippen LogP contribution in [-0.4, -0.2) is 20.1 Å². The van der Waals surface area contributed by atoms with Gasteiger partial charge in [0.1, 0.15) is 11.5 Å². The van der Waals surface area contributed by atoms with Gasteiger partial charge in [0.25, 0.3) is 5.91 Å². The van der Waals surface area contributed by atoms with E-state index in [1.807, 2.05) is 24.3 Å². The number of carbonyl (C=O) groups is 1. The van der Waals surface area contributed by atoms with Crippen LogP contribution in [0.5, 0.6) is 11.5 Å². The van der Waals surface area contributed by atoms with Crippen LogP contribution in [0.4, 0.5) is 0 Å². The second-order valence-electron chi connectivity index (χ2n) is 4.38. The summed E-state index contributed by atoms with van der Waals surface area (Å²) < 4.78 is 10.3. The topological polar surface area (TPSA) is 47.6 Å². The summed E-state index contributed by atoms with van der Waals surface area (Å²) >= 11 is 5.88. The van der Waals surface area contributed by atoms with E-state index < -0.39 is 0 Å². The van der Waals surface area contributed by atoms with Crippen molar-refractivity contribution in [3.8, 4) is 11.5 Å². The Kier molecular flexibility index (Phi) is 5.06. The molecule has 1 amide bonds. The Balaban J connectivity index is 2.08. The molecule has 2 aromatic rings. The molecule has 2 rings (SSSR count). The third kappa shape index (κ3) is 3.89. The first-order valence-electron chi connectivity index (χ1n) is 6.38. The van der Waals surface area contributed by atoms with E-state index >= 15 is 0 Å². The molecule has 0 spiro atoms. The standard InChI is InChI=1S/C16H16ClNO3/c1-20-13-5-3-4-11(8-13)10-18-16(19)14-7-6-12(17)9-15(14)21-2/h3-9H,10H2,1-2H3,(H,18,19). The molecule has 4 nitrogen and oxygen atoms in total. The van der Waals surface area contributed by atoms with Crippen LogP contribution in [0.3, 0.4) is 0 Å². The lowest BCUT2D eigenvalue weighted by Gasteiger charge is -2.10. The van der Waals surface area contributed by atoms with Crippen LogP contribution < -0.4 is 14.8 Å². The molecule has 0 saturated heterocycles. The van der Waals surface area contributed by atoms with Gasteiger partial charge in [-0.3, -0.25) is 4.79 Å². The van der Waals surface area contributed by atoms with Gasteiger partial charge < -0.3 is 14.8 Å². The third-order valence-corrected chi connectivity index (χ3v) is 3.23. The summed E-state index contributed by atoms with van der Waals surface area (Å²) in [6.07, 6.45) is 0. The monoisotopic (exact) mass is 305 g/mol. The van der Waals surface area contributed by atoms with Gasteiger partial charge in [0, 0.05) is 11.6 Å². The van der Waals surface area contributed by atoms with Gasteiger partial charge in [-0.15, -0.1) is 0 Å². The Bertz CT molecular complexity index is 643. The van der Waals surface area contributed by atoms with Crippen molar-refractivity contribution in [3.05, 3.63) is 58.6 Å². The molecule has 2 aromatic carbocycles. The van der Waals surface area contributed by atoms with Gasteiger partial charge in [0.2, 0.25) is 0 Å². The fraction of sp³-hybridized carbons (Fsp3) is 0.188. The SMILES string of the molecule is COc1cccc(CNC(=O)c2ccc(Cl)cc2OC)c1. The van der Waals surface area contributed by atoms with Crippen LogP contribution in [0.25, 0.3) is 0 Å². The van der Waals surface area contributed by atoms with Crippen LogP contribution in [0, 0.1) is 0 Å². The Morgan fingerprint density at radius 3 is 2.67 bits per heavy atom. The Morgan fingerprint density at radius 2 is 1.95 bits per heavy atom. The van der Waals surface area contributed by atoms with Crippen molar-refractivity contribution in [3.63, 3.8) is 0 Å². The van der Waals surface area contributed by atoms with E-state index in [1.54, 1.807) is 25.3 Å². The van der Waals surface area contributed by atoms with Crippen molar-refractivity contribution < 1.29 is 14.3 Å². The highest BCUT2D eigenvalue weighted by Crippen LogP contribution is 2.23. The van der Waals surface area contributed by atoms with E-state index in [-0.39, 0.29) is 5.91 Å². The number of benzene rings is 2. The summed E-state index contributed by atoms with van der Waals surface area (Å²) in [6, 6.07) is 12.4. The highest BCUT2D eigenvalue weighted by molar-refractivity contribution is 6.30. The predicted molar refractivity (Wildman–Crippen MR) is 82.2 cm³/mol. The van der Waals surface area contributed by atoms with E-state index in [0.29, 0.717) is 22.9 Å². The smallest absolute Gasteiger partial charge is 0.255 e. The lowest BCUT2D eigenvalue weighted by atomic mass is 10.1. The van der Waals surface area contributed by atoms with E-state index in [2.05, 4.69) is 5.32 Å². The van der Waals surface area contributed by atoms with E-state index in [9.17, 15) is 4.79 Å². The van der Waals surface area contributed by atoms with Crippen LogP contribution in [0.2, 0.25) is 5.02 Å². The number of hydrogen-bond acceptors (Lipinski definition) is 3. The average molecular weight is 306 g/mol. The van der Waals surface area contributed by atoms with Crippen molar-refractivity contribution in [2.24, 2.45) is 0 Å². The van der Waals surface area contributed by atoms with E-state index in [1.165, 1.54) is 7.11 Å². The normalized spacial score (nSPS) is 10.0. The van der Waals surface area contributed by atoms with Crippen LogP contribution in [0.15, 0.2) is 42.5 Å². The first-order valence-corrected chi connectivity index (χ1v) is 6.76. The average Bonchev–Trinajstić information content (AvgIpc) is 2.52. The van der Waals surface area contributed by atoms with Crippen LogP contribution >= 0.6 is 11.6 Å². The minimum absolute atomic E-state index is 0.216. The molecule has 0 aliphatic rings. The van der Waals surface area contributed by atoms with Gasteiger partial charge in [-0.1, -0.05) is 23.7 Å². The number of amides is 1. The molecule has 5 heteroatoms. The summed E-state index contributed by atoms with van der Waals surface area (Å²) in [7, 11) is 3.11. The van der Waals surface area contributed by atoms with Gasteiger partial charge in [-0.05, 0) is 35.9 Å². The zero-order valence-electron chi connectivity index (χ0n) is 11.9. The highest BCUT2D eigenvalue weighted by atomic mass is 35.5. The molecule has 1 N–H and O–H groups in total. The van der Waals surface area contributed by atoms with Crippen molar-refractivity contribution in [2.75, 3.05) is 14.2 Å². The van der Waals surface area contributed by atoms with E-state index in [4.69, 9.17) is 21.1 Å². The molecule has 0 radical (unpaired) electrons. The van der Waals surface area contributed by atoms with Gasteiger partial charge in [-0.25, -0.2) is 0 Å². The number of methoxy groups -OCH3 is 2. The highest BCUT2D eigenvalue weighted by Gasteiger charge is 2.12. The fourth-order valence-electron chi connectivity index (χ4n) is 1.91. The largest absolute Gasteiger partial charge is 0.497 e. The summed E-state index contributed by atoms with van der Waals surface area (Å²) in [5.74, 6) is 0.989. The summed E-state index contributed by atoms with van der Waals surface area (Å²) in [4.78, 5) is 12.2. The zero-order chi connectivity index (χ0) is 15.2. The van der Waals surface area contributed by atoms with Crippen LogP contribution in [-0.2, 0) is 6.54 Å². The van der Waals surface area contributed by atoms with Crippen molar-refractivity contribution >= 4 is 17.5 Å². The Morgan fingerprint density at radius 1 is 1.14 bits per heavy atom. The summed E-state index contributed by atoms with van der Waals surface area (Å²) in [5, 5.41) is 3.37. The Hall–Kier alpha value is -2.20. The molecule has 110 valence electrons. The molecular weight excluding hydrogens is 290 g/mol. The number of rotatable bonds is 5. The molecule has 0 atom stereocenters. The molecule has 0 unspecified atom stereocenters. The van der Waals surface area contributed by atoms with Crippen molar-refractivity contribution in [1.82, 2.24) is 5.32 Å². The molecule has 21 heavy (non-hydrogen) atoms. The molecule has 0 heterocycles. The van der Waals surface area contributed by atoms with Gasteiger partial charge >= 0.3 is 0 Å². The maximum atomic E-state index is 12.2. The summed E-state index contributed by atoms with van der Waals surface area (Å²) in [5.41, 5.74) is 1.40. The maximum absolute atomic E-state index is 12.2. The molecule has 0 aliphatic carbocycles. The quantitative estimate of drug-likeness (QED) is 0.922. The molecule has 0 saturated carbocycles. The van der Waals surface area contributed by atoms with Crippen molar-refractivity contribution in [2.45, 2.75) is 6.54 Å². The van der Waals surface area contributed by atoms with Gasteiger partial charge in [-0.2, -0.15) is 0 Å². The lowest BCUT2D eigenvalue weighted by Crippen LogP contribution is -2.23. The van der Waals surface area contributed by atoms with Crippen molar-refractivity contribution in [1.29, 1.82) is 0 Å². The van der Waals surface area contributed by atoms with Gasteiger partial charge in [0.05, 0.1) is 19.8 Å². The molecule has 0 fully saturated rings. The number of carbonyl (C=O) groups excluding carboxylic acids is 1. The van der Waals surface area contributed by atoms with Crippen LogP contribution in [0.1, 0.15) is 15.9 Å². The second kappa shape index (κ2) is 6.99. The molecule has 0 aliphatic heterocycles. The molecular formula is C16H16ClNO3. The number of halogens is 1. The Labute approximate surface area is 128 Å². The number of ether oxygens (including phenoxy) is 2. The third-order valence-electron chi connectivity index (χ3n) is 3.00. The minimum atomic E-state index is -0.216. The number of nitrogens with one attached hydrogen (secondary N) is 1. The second-order valence-corrected chi connectivity index (χ2v) is 4.82. The molecule has 0 aromatic heterocycles. The minimum Gasteiger partial charge on any atom is -0.497 e. The lowest BCUT2D eigenvalue weighted by molar-refractivity contribution is 0.0948. The zero-order valence-corrected chi connectivity index (χ0v) is 12.6. The predicted octanol–water partition coefficient (Wildman–Crippen LogP) is 3.29. The first-order chi connectivity index (χ1) is 10.1. The summed E-state index contributed by atoms with van der Waals surface area (Å²) in [6.45, 7) is 0.405. The molecule has 0 bridgehead atoms. The maximum Gasteiger partial charge on any atom is 0.255 e. The van der Waals surface area contributed by atoms with E-state index in [0.717, 1.165) is 11.3 Å². The number of hydrogen-bond donors (Lipinski definition) is 1. The van der Waals surface area contributed by atoms with Gasteiger partial charge in [0.15, 0.2) is 0 Å². The fourth-order valence-corrected chi connectivity index (χ4v) is 2.07. The first kappa shape index (κ1) is 15.2.